The van der Waals surface area contributed by atoms with Gasteiger partial charge in [-0.25, -0.2) is 0 Å². The Labute approximate surface area is 316 Å². The summed E-state index contributed by atoms with van der Waals surface area (Å²) in [6.07, 6.45) is 60.6. The lowest BCUT2D eigenvalue weighted by Gasteiger charge is -2.15. The molecule has 0 amide bonds. The van der Waals surface area contributed by atoms with E-state index in [0.717, 1.165) is 70.6 Å². The van der Waals surface area contributed by atoms with E-state index >= 15 is 0 Å². The van der Waals surface area contributed by atoms with Gasteiger partial charge in [0.25, 0.3) is 0 Å². The second kappa shape index (κ2) is 43.7. The van der Waals surface area contributed by atoms with Crippen molar-refractivity contribution < 1.29 is 19.4 Å². The summed E-state index contributed by atoms with van der Waals surface area (Å²) in [6, 6.07) is 0. The van der Waals surface area contributed by atoms with Gasteiger partial charge in [-0.15, -0.1) is 0 Å². The van der Waals surface area contributed by atoms with Crippen LogP contribution in [0, 0.1) is 0 Å². The highest BCUT2D eigenvalue weighted by molar-refractivity contribution is 5.69. The number of carbonyl (C=O) groups excluding carboxylic acids is 1. The molecule has 0 saturated heterocycles. The molecule has 0 saturated carbocycles. The standard InChI is InChI=1S/C47H80O4/c1-3-5-7-9-11-13-15-17-19-21-23-24-25-26-28-30-32-34-36-38-40-42-47(49)51-46(44-48)45-50-43-41-39-37-35-33-31-29-27-22-20-18-16-14-12-10-8-6-4-2/h5,7,11-14,17-20,23-24,26,28,46,48H,3-4,6,8-10,15-16,21-22,25,27,29-45H2,1-2H3/b7-5-,13-11-,14-12-,19-17-,20-18-,24-23-,28-26-. The number of allylic oxidation sites excluding steroid dienone is 14. The minimum absolute atomic E-state index is 0.187. The Morgan fingerprint density at radius 3 is 1.33 bits per heavy atom. The maximum Gasteiger partial charge on any atom is 0.306 e. The van der Waals surface area contributed by atoms with Gasteiger partial charge >= 0.3 is 5.97 Å². The van der Waals surface area contributed by atoms with Gasteiger partial charge < -0.3 is 14.6 Å². The van der Waals surface area contributed by atoms with Crippen molar-refractivity contribution in [2.75, 3.05) is 19.8 Å². The van der Waals surface area contributed by atoms with Crippen LogP contribution in [0.25, 0.3) is 0 Å². The molecule has 0 rings (SSSR count). The van der Waals surface area contributed by atoms with Gasteiger partial charge in [0.15, 0.2) is 0 Å². The van der Waals surface area contributed by atoms with E-state index in [2.05, 4.69) is 98.9 Å². The van der Waals surface area contributed by atoms with E-state index in [1.54, 1.807) is 0 Å². The summed E-state index contributed by atoms with van der Waals surface area (Å²) in [6.45, 7) is 5.17. The Morgan fingerprint density at radius 2 is 0.882 bits per heavy atom. The highest BCUT2D eigenvalue weighted by atomic mass is 16.6. The number of esters is 1. The molecule has 0 aliphatic rings. The summed E-state index contributed by atoms with van der Waals surface area (Å²) in [7, 11) is 0. The third-order valence-corrected chi connectivity index (χ3v) is 8.70. The van der Waals surface area contributed by atoms with Crippen LogP contribution in [0.4, 0.5) is 0 Å². The Balaban J connectivity index is 3.53. The van der Waals surface area contributed by atoms with Gasteiger partial charge in [0.05, 0.1) is 13.2 Å². The van der Waals surface area contributed by atoms with Crippen molar-refractivity contribution >= 4 is 5.97 Å². The Kier molecular flexibility index (Phi) is 41.6. The summed E-state index contributed by atoms with van der Waals surface area (Å²) in [5.41, 5.74) is 0. The van der Waals surface area contributed by atoms with E-state index in [1.807, 2.05) is 0 Å². The lowest BCUT2D eigenvalue weighted by atomic mass is 10.1. The molecule has 0 aromatic heterocycles. The fourth-order valence-electron chi connectivity index (χ4n) is 5.56. The predicted octanol–water partition coefficient (Wildman–Crippen LogP) is 14.0. The number of rotatable bonds is 38. The fraction of sp³-hybridized carbons (Fsp3) is 0.681. The molecule has 0 fully saturated rings. The van der Waals surface area contributed by atoms with Gasteiger partial charge in [-0.3, -0.25) is 4.79 Å². The van der Waals surface area contributed by atoms with Crippen LogP contribution < -0.4 is 0 Å². The first-order valence-corrected chi connectivity index (χ1v) is 21.2. The smallest absolute Gasteiger partial charge is 0.306 e. The number of carbonyl (C=O) groups is 1. The van der Waals surface area contributed by atoms with Gasteiger partial charge in [-0.05, 0) is 89.9 Å². The quantitative estimate of drug-likeness (QED) is 0.0394. The first-order chi connectivity index (χ1) is 25.2. The first kappa shape index (κ1) is 48.6. The average molecular weight is 709 g/mol. The number of hydrogen-bond acceptors (Lipinski definition) is 4. The molecule has 0 aromatic rings. The summed E-state index contributed by atoms with van der Waals surface area (Å²) in [5, 5.41) is 9.60. The van der Waals surface area contributed by atoms with Crippen molar-refractivity contribution in [3.05, 3.63) is 85.1 Å². The van der Waals surface area contributed by atoms with Gasteiger partial charge in [0.2, 0.25) is 0 Å². The maximum atomic E-state index is 12.2. The largest absolute Gasteiger partial charge is 0.457 e. The first-order valence-electron chi connectivity index (χ1n) is 21.2. The molecular weight excluding hydrogens is 629 g/mol. The molecule has 0 aromatic carbocycles. The second-order valence-electron chi connectivity index (χ2n) is 13.7. The number of hydrogen-bond donors (Lipinski definition) is 1. The van der Waals surface area contributed by atoms with Crippen LogP contribution in [0.15, 0.2) is 85.1 Å². The summed E-state index contributed by atoms with van der Waals surface area (Å²) >= 11 is 0. The van der Waals surface area contributed by atoms with Crippen molar-refractivity contribution in [2.24, 2.45) is 0 Å². The number of unbranched alkanes of at least 4 members (excludes halogenated alkanes) is 16. The van der Waals surface area contributed by atoms with Gasteiger partial charge in [-0.1, -0.05) is 170 Å². The van der Waals surface area contributed by atoms with Crippen LogP contribution in [-0.2, 0) is 14.3 Å². The van der Waals surface area contributed by atoms with Gasteiger partial charge in [-0.2, -0.15) is 0 Å². The number of aliphatic hydroxyl groups is 1. The van der Waals surface area contributed by atoms with Crippen LogP contribution in [0.3, 0.4) is 0 Å². The average Bonchev–Trinajstić information content (AvgIpc) is 3.14. The van der Waals surface area contributed by atoms with E-state index in [0.29, 0.717) is 13.0 Å². The zero-order chi connectivity index (χ0) is 37.0. The molecule has 4 nitrogen and oxygen atoms in total. The molecule has 4 heteroatoms. The summed E-state index contributed by atoms with van der Waals surface area (Å²) in [5.74, 6) is -0.224. The molecule has 51 heavy (non-hydrogen) atoms. The fourth-order valence-corrected chi connectivity index (χ4v) is 5.56. The molecule has 1 unspecified atom stereocenters. The summed E-state index contributed by atoms with van der Waals surface area (Å²) < 4.78 is 11.1. The number of aliphatic hydroxyl groups excluding tert-OH is 1. The lowest BCUT2D eigenvalue weighted by molar-refractivity contribution is -0.154. The maximum absolute atomic E-state index is 12.2. The highest BCUT2D eigenvalue weighted by Crippen LogP contribution is 2.12. The third kappa shape index (κ3) is 41.9. The van der Waals surface area contributed by atoms with Crippen molar-refractivity contribution in [3.8, 4) is 0 Å². The van der Waals surface area contributed by atoms with Crippen LogP contribution in [0.5, 0.6) is 0 Å². The van der Waals surface area contributed by atoms with Gasteiger partial charge in [0.1, 0.15) is 6.10 Å². The minimum Gasteiger partial charge on any atom is -0.457 e. The molecule has 1 N–H and O–H groups in total. The number of ether oxygens (including phenoxy) is 2. The molecular formula is C47H80O4. The minimum atomic E-state index is -0.553. The zero-order valence-electron chi connectivity index (χ0n) is 33.3. The summed E-state index contributed by atoms with van der Waals surface area (Å²) in [4.78, 5) is 12.2. The normalized spacial score (nSPS) is 13.2. The van der Waals surface area contributed by atoms with Crippen LogP contribution in [-0.4, -0.2) is 37.0 Å². The Bertz CT molecular complexity index is 923. The van der Waals surface area contributed by atoms with E-state index in [4.69, 9.17) is 9.47 Å². The van der Waals surface area contributed by atoms with Crippen LogP contribution >= 0.6 is 0 Å². The molecule has 0 bridgehead atoms. The topological polar surface area (TPSA) is 55.8 Å². The van der Waals surface area contributed by atoms with E-state index in [9.17, 15) is 9.90 Å². The Hall–Kier alpha value is -2.43. The Morgan fingerprint density at radius 1 is 0.490 bits per heavy atom. The SMILES string of the molecule is CC/C=C\C/C=C\C/C=C\C/C=C\C/C=C\CCCCCCCC(=O)OC(CO)COCCCCCCCCCC/C=C\C/C=C\CCCCC. The molecule has 0 spiro atoms. The monoisotopic (exact) mass is 709 g/mol. The van der Waals surface area contributed by atoms with Crippen molar-refractivity contribution in [3.63, 3.8) is 0 Å². The van der Waals surface area contributed by atoms with Gasteiger partial charge in [0, 0.05) is 13.0 Å². The molecule has 0 aliphatic carbocycles. The van der Waals surface area contributed by atoms with Crippen molar-refractivity contribution in [2.45, 2.75) is 187 Å². The second-order valence-corrected chi connectivity index (χ2v) is 13.7. The van der Waals surface area contributed by atoms with Crippen LogP contribution in [0.1, 0.15) is 181 Å². The van der Waals surface area contributed by atoms with E-state index < -0.39 is 6.10 Å². The predicted molar refractivity (Wildman–Crippen MR) is 223 cm³/mol. The van der Waals surface area contributed by atoms with Crippen LogP contribution in [0.2, 0.25) is 0 Å². The zero-order valence-corrected chi connectivity index (χ0v) is 33.3. The van der Waals surface area contributed by atoms with Crippen molar-refractivity contribution in [1.29, 1.82) is 0 Å². The molecule has 1 atom stereocenters. The molecule has 0 radical (unpaired) electrons. The van der Waals surface area contributed by atoms with E-state index in [1.165, 1.54) is 89.9 Å². The van der Waals surface area contributed by atoms with E-state index in [-0.39, 0.29) is 19.2 Å². The molecule has 0 heterocycles. The lowest BCUT2D eigenvalue weighted by Crippen LogP contribution is -2.27. The highest BCUT2D eigenvalue weighted by Gasteiger charge is 2.13. The molecule has 0 aliphatic heterocycles. The third-order valence-electron chi connectivity index (χ3n) is 8.70. The van der Waals surface area contributed by atoms with Crippen molar-refractivity contribution in [1.82, 2.24) is 0 Å². The molecule has 292 valence electrons.